The Kier molecular flexibility index (Phi) is 2.95. The lowest BCUT2D eigenvalue weighted by atomic mass is 10.2. The predicted octanol–water partition coefficient (Wildman–Crippen LogP) is 5.20. The highest BCUT2D eigenvalue weighted by Crippen LogP contribution is 2.27. The number of azide groups is 1. The van der Waals surface area contributed by atoms with Gasteiger partial charge in [-0.05, 0) is 48.0 Å². The molecule has 0 aliphatic rings. The lowest BCUT2D eigenvalue weighted by Crippen LogP contribution is -1.75. The van der Waals surface area contributed by atoms with Crippen molar-refractivity contribution in [3.8, 4) is 11.5 Å². The summed E-state index contributed by atoms with van der Waals surface area (Å²) in [6.45, 7) is 0. The third kappa shape index (κ3) is 2.31. The number of benzene rings is 2. The van der Waals surface area contributed by atoms with E-state index >= 15 is 0 Å². The zero-order chi connectivity index (χ0) is 13.2. The maximum atomic E-state index is 8.41. The summed E-state index contributed by atoms with van der Waals surface area (Å²) in [5.41, 5.74) is 11.2. The van der Waals surface area contributed by atoms with E-state index < -0.39 is 0 Å². The number of hydrogen-bond donors (Lipinski definition) is 0. The minimum Gasteiger partial charge on any atom is -0.436 e. The van der Waals surface area contributed by atoms with Crippen molar-refractivity contribution in [2.24, 2.45) is 5.11 Å². The maximum Gasteiger partial charge on any atom is 0.227 e. The molecular formula is C13H7BrN4O. The van der Waals surface area contributed by atoms with Crippen LogP contribution in [0.3, 0.4) is 0 Å². The van der Waals surface area contributed by atoms with Crippen LogP contribution in [-0.2, 0) is 0 Å². The molecule has 92 valence electrons. The number of hydrogen-bond acceptors (Lipinski definition) is 3. The zero-order valence-corrected chi connectivity index (χ0v) is 11.2. The summed E-state index contributed by atoms with van der Waals surface area (Å²) in [5, 5.41) is 3.54. The van der Waals surface area contributed by atoms with E-state index in [0.29, 0.717) is 22.7 Å². The van der Waals surface area contributed by atoms with Gasteiger partial charge in [-0.15, -0.1) is 0 Å². The highest BCUT2D eigenvalue weighted by Gasteiger charge is 2.08. The van der Waals surface area contributed by atoms with Crippen LogP contribution in [0.2, 0.25) is 0 Å². The normalized spacial score (nSPS) is 10.4. The van der Waals surface area contributed by atoms with E-state index in [-0.39, 0.29) is 0 Å². The molecule has 0 aliphatic carbocycles. The van der Waals surface area contributed by atoms with Crippen molar-refractivity contribution in [3.05, 3.63) is 57.4 Å². The molecule has 2 aromatic carbocycles. The first-order valence-corrected chi connectivity index (χ1v) is 6.27. The van der Waals surface area contributed by atoms with Gasteiger partial charge in [0.1, 0.15) is 5.52 Å². The second-order valence-corrected chi connectivity index (χ2v) is 4.78. The molecule has 6 heteroatoms. The van der Waals surface area contributed by atoms with Crippen LogP contribution in [0.25, 0.3) is 33.0 Å². The van der Waals surface area contributed by atoms with Crippen molar-refractivity contribution in [3.63, 3.8) is 0 Å². The van der Waals surface area contributed by atoms with Gasteiger partial charge in [0.2, 0.25) is 5.89 Å². The smallest absolute Gasteiger partial charge is 0.227 e. The van der Waals surface area contributed by atoms with Gasteiger partial charge in [0.05, 0.1) is 0 Å². The Morgan fingerprint density at radius 2 is 1.95 bits per heavy atom. The molecule has 0 saturated heterocycles. The largest absolute Gasteiger partial charge is 0.436 e. The molecule has 3 aromatic rings. The van der Waals surface area contributed by atoms with Crippen molar-refractivity contribution in [1.29, 1.82) is 0 Å². The second kappa shape index (κ2) is 4.76. The van der Waals surface area contributed by atoms with Crippen molar-refractivity contribution in [2.75, 3.05) is 0 Å². The summed E-state index contributed by atoms with van der Waals surface area (Å²) in [5.74, 6) is 0.542. The summed E-state index contributed by atoms with van der Waals surface area (Å²) in [6.07, 6.45) is 0. The molecule has 0 fully saturated rings. The van der Waals surface area contributed by atoms with Gasteiger partial charge in [-0.2, -0.15) is 0 Å². The van der Waals surface area contributed by atoms with Crippen LogP contribution in [0.1, 0.15) is 0 Å². The van der Waals surface area contributed by atoms with E-state index in [1.807, 2.05) is 24.3 Å². The van der Waals surface area contributed by atoms with E-state index in [4.69, 9.17) is 9.95 Å². The van der Waals surface area contributed by atoms with Crippen molar-refractivity contribution >= 4 is 32.7 Å². The van der Waals surface area contributed by atoms with Gasteiger partial charge in [0.15, 0.2) is 5.58 Å². The molecule has 0 unspecified atom stereocenters. The van der Waals surface area contributed by atoms with Gasteiger partial charge in [-0.25, -0.2) is 4.98 Å². The highest BCUT2D eigenvalue weighted by molar-refractivity contribution is 9.10. The first-order valence-electron chi connectivity index (χ1n) is 5.48. The average Bonchev–Trinajstić information content (AvgIpc) is 2.83. The minimum absolute atomic E-state index is 0.519. The van der Waals surface area contributed by atoms with Gasteiger partial charge in [-0.3, -0.25) is 0 Å². The van der Waals surface area contributed by atoms with Crippen LogP contribution >= 0.6 is 15.9 Å². The van der Waals surface area contributed by atoms with Crippen LogP contribution < -0.4 is 0 Å². The van der Waals surface area contributed by atoms with Crippen molar-refractivity contribution < 1.29 is 4.42 Å². The Morgan fingerprint density at radius 1 is 1.16 bits per heavy atom. The second-order valence-electron chi connectivity index (χ2n) is 3.87. The molecule has 1 aromatic heterocycles. The molecule has 0 atom stereocenters. The lowest BCUT2D eigenvalue weighted by molar-refractivity contribution is 0.620. The fourth-order valence-corrected chi connectivity index (χ4v) is 2.01. The van der Waals surface area contributed by atoms with Crippen molar-refractivity contribution in [2.45, 2.75) is 0 Å². The van der Waals surface area contributed by atoms with Crippen LogP contribution in [0.4, 0.5) is 5.69 Å². The van der Waals surface area contributed by atoms with Crippen LogP contribution in [0.5, 0.6) is 0 Å². The summed E-state index contributed by atoms with van der Waals surface area (Å²) in [6, 6.07) is 12.8. The molecule has 1 heterocycles. The molecule has 0 bridgehead atoms. The van der Waals surface area contributed by atoms with E-state index in [9.17, 15) is 0 Å². The van der Waals surface area contributed by atoms with Crippen LogP contribution in [0.15, 0.2) is 56.5 Å². The number of rotatable bonds is 2. The maximum absolute atomic E-state index is 8.41. The van der Waals surface area contributed by atoms with Gasteiger partial charge < -0.3 is 4.42 Å². The Balaban J connectivity index is 2.10. The summed E-state index contributed by atoms with van der Waals surface area (Å²) >= 11 is 3.38. The lowest BCUT2D eigenvalue weighted by Gasteiger charge is -1.94. The van der Waals surface area contributed by atoms with Gasteiger partial charge in [0, 0.05) is 20.6 Å². The number of nitrogens with zero attached hydrogens (tertiary/aromatic N) is 4. The molecule has 0 aliphatic heterocycles. The highest BCUT2D eigenvalue weighted by atomic mass is 79.9. The molecule has 3 rings (SSSR count). The Labute approximate surface area is 116 Å². The number of oxazole rings is 1. The zero-order valence-electron chi connectivity index (χ0n) is 9.62. The number of aromatic nitrogens is 1. The molecule has 5 nitrogen and oxygen atoms in total. The molecule has 0 N–H and O–H groups in total. The first-order chi connectivity index (χ1) is 9.26. The third-order valence-corrected chi connectivity index (χ3v) is 3.15. The monoisotopic (exact) mass is 314 g/mol. The van der Waals surface area contributed by atoms with E-state index in [1.165, 1.54) is 0 Å². The predicted molar refractivity (Wildman–Crippen MR) is 76.0 cm³/mol. The Hall–Kier alpha value is -2.30. The Bertz CT molecular complexity index is 788. The molecule has 19 heavy (non-hydrogen) atoms. The fraction of sp³-hybridized carbons (Fsp3) is 0. The summed E-state index contributed by atoms with van der Waals surface area (Å²) in [7, 11) is 0. The standard InChI is InChI=1S/C13H7BrN4O/c14-9-3-1-8(2-4-9)13-16-11-7-10(17-18-15)5-6-12(11)19-13/h1-7H. The third-order valence-electron chi connectivity index (χ3n) is 2.62. The molecule has 0 radical (unpaired) electrons. The molecular weight excluding hydrogens is 308 g/mol. The fourth-order valence-electron chi connectivity index (χ4n) is 1.75. The topological polar surface area (TPSA) is 74.8 Å². The number of fused-ring (bicyclic) bond motifs is 1. The molecule has 0 saturated carbocycles. The molecule has 0 spiro atoms. The SMILES string of the molecule is [N-]=[N+]=Nc1ccc2oc(-c3ccc(Br)cc3)nc2c1. The minimum atomic E-state index is 0.519. The molecule has 0 amide bonds. The van der Waals surface area contributed by atoms with Gasteiger partial charge >= 0.3 is 0 Å². The van der Waals surface area contributed by atoms with Gasteiger partial charge in [0.25, 0.3) is 0 Å². The number of halogens is 1. The van der Waals surface area contributed by atoms with E-state index in [2.05, 4.69) is 30.9 Å². The van der Waals surface area contributed by atoms with E-state index in [0.717, 1.165) is 10.0 Å². The summed E-state index contributed by atoms with van der Waals surface area (Å²) in [4.78, 5) is 7.14. The van der Waals surface area contributed by atoms with Crippen LogP contribution in [-0.4, -0.2) is 4.98 Å². The van der Waals surface area contributed by atoms with E-state index in [1.54, 1.807) is 18.2 Å². The van der Waals surface area contributed by atoms with Crippen molar-refractivity contribution in [1.82, 2.24) is 4.98 Å². The quantitative estimate of drug-likeness (QED) is 0.370. The summed E-state index contributed by atoms with van der Waals surface area (Å²) < 4.78 is 6.66. The Morgan fingerprint density at radius 3 is 2.68 bits per heavy atom. The first kappa shape index (κ1) is 11.8. The van der Waals surface area contributed by atoms with Gasteiger partial charge in [-0.1, -0.05) is 21.0 Å². The van der Waals surface area contributed by atoms with Crippen LogP contribution in [0, 0.1) is 0 Å². The average molecular weight is 315 g/mol.